The number of benzene rings is 1. The summed E-state index contributed by atoms with van der Waals surface area (Å²) in [6.07, 6.45) is 5.21. The molecule has 1 heterocycles. The Hall–Kier alpha value is -1.62. The third-order valence-electron chi connectivity index (χ3n) is 5.18. The van der Waals surface area contributed by atoms with E-state index in [2.05, 4.69) is 33.4 Å². The monoisotopic (exact) mass is 360 g/mol. The van der Waals surface area contributed by atoms with Crippen molar-refractivity contribution in [1.82, 2.24) is 4.90 Å². The lowest BCUT2D eigenvalue weighted by Crippen LogP contribution is -2.37. The number of allylic oxidation sites excluding steroid dienone is 2. The average Bonchev–Trinajstić information content (AvgIpc) is 3.14. The number of amides is 2. The maximum absolute atomic E-state index is 12.6. The molecule has 2 aliphatic carbocycles. The molecular weight excluding hydrogens is 344 g/mol. The molecule has 0 aromatic heterocycles. The number of likely N-dealkylation sites (tertiary alicyclic amines) is 1. The van der Waals surface area contributed by atoms with Crippen LogP contribution in [-0.4, -0.2) is 23.4 Å². The fourth-order valence-electron chi connectivity index (χ4n) is 4.11. The van der Waals surface area contributed by atoms with Gasteiger partial charge in [-0.1, -0.05) is 28.1 Å². The van der Waals surface area contributed by atoms with E-state index < -0.39 is 0 Å². The van der Waals surface area contributed by atoms with E-state index in [9.17, 15) is 9.59 Å². The SMILES string of the molecule is Cc1cc(Br)ccc1NCN1C(=O)[C@H]2[C@H](C1=O)[C@H]1C=C[C@H]2C1. The Labute approximate surface area is 137 Å². The minimum absolute atomic E-state index is 0.00545. The summed E-state index contributed by atoms with van der Waals surface area (Å²) < 4.78 is 1.01. The number of hydrogen-bond donors (Lipinski definition) is 1. The molecular formula is C17H17BrN2O2. The molecule has 4 rings (SSSR count). The van der Waals surface area contributed by atoms with Crippen molar-refractivity contribution in [3.8, 4) is 0 Å². The highest BCUT2D eigenvalue weighted by Crippen LogP contribution is 2.52. The maximum atomic E-state index is 12.6. The van der Waals surface area contributed by atoms with Crippen LogP contribution >= 0.6 is 15.9 Å². The van der Waals surface area contributed by atoms with Gasteiger partial charge in [-0.25, -0.2) is 0 Å². The molecule has 0 spiro atoms. The molecule has 0 unspecified atom stereocenters. The lowest BCUT2D eigenvalue weighted by atomic mass is 9.85. The number of rotatable bonds is 3. The molecule has 3 aliphatic rings. The number of halogens is 1. The van der Waals surface area contributed by atoms with Crippen molar-refractivity contribution >= 4 is 33.4 Å². The Morgan fingerprint density at radius 3 is 2.41 bits per heavy atom. The number of aryl methyl sites for hydroxylation is 1. The maximum Gasteiger partial charge on any atom is 0.235 e. The summed E-state index contributed by atoms with van der Waals surface area (Å²) >= 11 is 3.43. The van der Waals surface area contributed by atoms with E-state index in [4.69, 9.17) is 0 Å². The summed E-state index contributed by atoms with van der Waals surface area (Å²) in [6, 6.07) is 5.91. The summed E-state index contributed by atoms with van der Waals surface area (Å²) in [6.45, 7) is 2.26. The van der Waals surface area contributed by atoms with Crippen LogP contribution in [0.25, 0.3) is 0 Å². The summed E-state index contributed by atoms with van der Waals surface area (Å²) in [5.41, 5.74) is 2.03. The van der Waals surface area contributed by atoms with Gasteiger partial charge in [-0.15, -0.1) is 0 Å². The molecule has 22 heavy (non-hydrogen) atoms. The van der Waals surface area contributed by atoms with Crippen LogP contribution in [0.3, 0.4) is 0 Å². The Morgan fingerprint density at radius 2 is 1.82 bits per heavy atom. The number of anilines is 1. The van der Waals surface area contributed by atoms with E-state index in [0.717, 1.165) is 22.1 Å². The zero-order chi connectivity index (χ0) is 15.4. The molecule has 2 fully saturated rings. The molecule has 4 nitrogen and oxygen atoms in total. The van der Waals surface area contributed by atoms with Gasteiger partial charge in [-0.05, 0) is 48.9 Å². The molecule has 5 heteroatoms. The Balaban J connectivity index is 1.50. The number of carbonyl (C=O) groups is 2. The molecule has 1 saturated carbocycles. The summed E-state index contributed by atoms with van der Waals surface area (Å²) in [5, 5.41) is 3.23. The van der Waals surface area contributed by atoms with Gasteiger partial charge in [0.05, 0.1) is 18.5 Å². The normalized spacial score (nSPS) is 32.0. The van der Waals surface area contributed by atoms with Crippen LogP contribution in [0.2, 0.25) is 0 Å². The third kappa shape index (κ3) is 1.95. The number of carbonyl (C=O) groups excluding carboxylic acids is 2. The predicted molar refractivity (Wildman–Crippen MR) is 86.9 cm³/mol. The second kappa shape index (κ2) is 4.95. The molecule has 114 valence electrons. The van der Waals surface area contributed by atoms with E-state index >= 15 is 0 Å². The minimum atomic E-state index is -0.115. The third-order valence-corrected chi connectivity index (χ3v) is 5.67. The number of nitrogens with zero attached hydrogens (tertiary/aromatic N) is 1. The van der Waals surface area contributed by atoms with E-state index in [0.29, 0.717) is 0 Å². The van der Waals surface area contributed by atoms with E-state index in [-0.39, 0.29) is 42.2 Å². The highest BCUT2D eigenvalue weighted by atomic mass is 79.9. The van der Waals surface area contributed by atoms with Gasteiger partial charge >= 0.3 is 0 Å². The van der Waals surface area contributed by atoms with Crippen LogP contribution in [-0.2, 0) is 9.59 Å². The number of fused-ring (bicyclic) bond motifs is 5. The van der Waals surface area contributed by atoms with Gasteiger partial charge in [0.2, 0.25) is 11.8 Å². The van der Waals surface area contributed by atoms with Crippen molar-refractivity contribution in [2.75, 3.05) is 12.0 Å². The number of hydrogen-bond acceptors (Lipinski definition) is 3. The van der Waals surface area contributed by atoms with E-state index in [1.165, 1.54) is 4.90 Å². The van der Waals surface area contributed by atoms with Gasteiger partial charge in [0.25, 0.3) is 0 Å². The van der Waals surface area contributed by atoms with E-state index in [1.54, 1.807) is 0 Å². The largest absolute Gasteiger partial charge is 0.367 e. The number of imide groups is 1. The van der Waals surface area contributed by atoms with Crippen LogP contribution in [0.5, 0.6) is 0 Å². The second-order valence-corrected chi connectivity index (χ2v) is 7.31. The lowest BCUT2D eigenvalue weighted by molar-refractivity contribution is -0.140. The molecule has 1 saturated heterocycles. The molecule has 1 aliphatic heterocycles. The zero-order valence-corrected chi connectivity index (χ0v) is 13.8. The van der Waals surface area contributed by atoms with Crippen molar-refractivity contribution in [3.05, 3.63) is 40.4 Å². The average molecular weight is 361 g/mol. The molecule has 4 atom stereocenters. The second-order valence-electron chi connectivity index (χ2n) is 6.40. The highest BCUT2D eigenvalue weighted by Gasteiger charge is 2.59. The summed E-state index contributed by atoms with van der Waals surface area (Å²) in [5.74, 6) is 0.297. The quantitative estimate of drug-likeness (QED) is 0.665. The lowest BCUT2D eigenvalue weighted by Gasteiger charge is -2.19. The van der Waals surface area contributed by atoms with Crippen molar-refractivity contribution in [1.29, 1.82) is 0 Å². The van der Waals surface area contributed by atoms with Crippen molar-refractivity contribution < 1.29 is 9.59 Å². The van der Waals surface area contributed by atoms with Gasteiger partial charge < -0.3 is 5.32 Å². The highest BCUT2D eigenvalue weighted by molar-refractivity contribution is 9.10. The molecule has 0 radical (unpaired) electrons. The van der Waals surface area contributed by atoms with Crippen LogP contribution in [0, 0.1) is 30.6 Å². The summed E-state index contributed by atoms with van der Waals surface area (Å²) in [4.78, 5) is 26.5. The molecule has 1 aromatic carbocycles. The van der Waals surface area contributed by atoms with Gasteiger partial charge in [0.15, 0.2) is 0 Å². The van der Waals surface area contributed by atoms with E-state index in [1.807, 2.05) is 25.1 Å². The van der Waals surface area contributed by atoms with Gasteiger partial charge in [-0.2, -0.15) is 0 Å². The molecule has 2 bridgehead atoms. The van der Waals surface area contributed by atoms with Gasteiger partial charge in [0.1, 0.15) is 0 Å². The molecule has 2 amide bonds. The minimum Gasteiger partial charge on any atom is -0.367 e. The first-order chi connectivity index (χ1) is 10.6. The first kappa shape index (κ1) is 14.0. The Morgan fingerprint density at radius 1 is 1.18 bits per heavy atom. The zero-order valence-electron chi connectivity index (χ0n) is 12.3. The van der Waals surface area contributed by atoms with Crippen LogP contribution in [0.4, 0.5) is 5.69 Å². The standard InChI is InChI=1S/C17H17BrN2O2/c1-9-6-12(18)4-5-13(9)19-8-20-16(21)14-10-2-3-11(7-10)15(14)17(20)22/h2-6,10-11,14-15,19H,7-8H2,1H3/t10-,11-,14+,15+/m0/s1. The van der Waals surface area contributed by atoms with Crippen molar-refractivity contribution in [2.45, 2.75) is 13.3 Å². The first-order valence-corrected chi connectivity index (χ1v) is 8.39. The van der Waals surface area contributed by atoms with Crippen molar-refractivity contribution in [3.63, 3.8) is 0 Å². The smallest absolute Gasteiger partial charge is 0.235 e. The topological polar surface area (TPSA) is 49.4 Å². The number of nitrogens with one attached hydrogen (secondary N) is 1. The van der Waals surface area contributed by atoms with Crippen LogP contribution < -0.4 is 5.32 Å². The Kier molecular flexibility index (Phi) is 3.15. The summed E-state index contributed by atoms with van der Waals surface area (Å²) in [7, 11) is 0. The first-order valence-electron chi connectivity index (χ1n) is 7.60. The fourth-order valence-corrected chi connectivity index (χ4v) is 4.59. The molecule has 1 N–H and O–H groups in total. The van der Waals surface area contributed by atoms with Crippen LogP contribution in [0.15, 0.2) is 34.8 Å². The van der Waals surface area contributed by atoms with Gasteiger partial charge in [0, 0.05) is 10.2 Å². The Bertz CT molecular complexity index is 670. The van der Waals surface area contributed by atoms with Gasteiger partial charge in [-0.3, -0.25) is 14.5 Å². The van der Waals surface area contributed by atoms with Crippen LogP contribution in [0.1, 0.15) is 12.0 Å². The molecule has 1 aromatic rings. The predicted octanol–water partition coefficient (Wildman–Crippen LogP) is 2.93. The fraction of sp³-hybridized carbons (Fsp3) is 0.412. The van der Waals surface area contributed by atoms with Crippen molar-refractivity contribution in [2.24, 2.45) is 23.7 Å².